The summed E-state index contributed by atoms with van der Waals surface area (Å²) in [6, 6.07) is 1.27. The second kappa shape index (κ2) is 5.15. The molecule has 7 heteroatoms. The maximum Gasteiger partial charge on any atom is 0.354 e. The molecule has 1 aromatic rings. The highest BCUT2D eigenvalue weighted by molar-refractivity contribution is 14.1. The van der Waals surface area contributed by atoms with Crippen molar-refractivity contribution in [3.63, 3.8) is 0 Å². The van der Waals surface area contributed by atoms with Gasteiger partial charge in [0.2, 0.25) is 0 Å². The Kier molecular flexibility index (Phi) is 4.38. The molecule has 0 radical (unpaired) electrons. The monoisotopic (exact) mass is 391 g/mol. The van der Waals surface area contributed by atoms with E-state index in [-0.39, 0.29) is 11.0 Å². The summed E-state index contributed by atoms with van der Waals surface area (Å²) in [5.74, 6) is -1.31. The van der Waals surface area contributed by atoms with E-state index >= 15 is 0 Å². The zero-order chi connectivity index (χ0) is 11.6. The van der Waals surface area contributed by atoms with Crippen molar-refractivity contribution in [1.82, 2.24) is 4.98 Å². The average Bonchev–Trinajstić information content (AvgIpc) is 2.16. The first-order valence-corrected chi connectivity index (χ1v) is 5.94. The second-order valence-corrected chi connectivity index (χ2v) is 4.32. The van der Waals surface area contributed by atoms with Crippen molar-refractivity contribution in [2.75, 3.05) is 0 Å². The first-order valence-electron chi connectivity index (χ1n) is 3.74. The molecular formula is C8H5BrF2INO2. The van der Waals surface area contributed by atoms with E-state index in [1.165, 1.54) is 6.07 Å². The molecule has 0 aromatic carbocycles. The number of pyridine rings is 1. The molecule has 15 heavy (non-hydrogen) atoms. The zero-order valence-electron chi connectivity index (χ0n) is 7.18. The molecule has 82 valence electrons. The van der Waals surface area contributed by atoms with Gasteiger partial charge in [0.1, 0.15) is 11.4 Å². The molecule has 0 fully saturated rings. The van der Waals surface area contributed by atoms with Gasteiger partial charge in [0, 0.05) is 14.5 Å². The van der Waals surface area contributed by atoms with Gasteiger partial charge in [-0.05, 0) is 28.7 Å². The zero-order valence-corrected chi connectivity index (χ0v) is 10.9. The van der Waals surface area contributed by atoms with Gasteiger partial charge in [0.15, 0.2) is 0 Å². The number of rotatable bonds is 3. The Hall–Kier alpha value is -0.310. The number of halogens is 4. The Morgan fingerprint density at radius 1 is 1.67 bits per heavy atom. The van der Waals surface area contributed by atoms with Gasteiger partial charge >= 0.3 is 5.97 Å². The van der Waals surface area contributed by atoms with Gasteiger partial charge in [-0.2, -0.15) is 0 Å². The Bertz CT molecular complexity index is 400. The predicted octanol–water partition coefficient (Wildman–Crippen LogP) is 3.22. The molecule has 3 nitrogen and oxygen atoms in total. The van der Waals surface area contributed by atoms with Crippen LogP contribution in [0.5, 0.6) is 0 Å². The highest BCUT2D eigenvalue weighted by atomic mass is 127. The predicted molar refractivity (Wildman–Crippen MR) is 61.5 cm³/mol. The van der Waals surface area contributed by atoms with Crippen LogP contribution in [-0.4, -0.2) is 16.1 Å². The van der Waals surface area contributed by atoms with Crippen molar-refractivity contribution in [3.8, 4) is 0 Å². The minimum atomic E-state index is -2.77. The van der Waals surface area contributed by atoms with E-state index in [4.69, 9.17) is 5.11 Å². The quantitative estimate of drug-likeness (QED) is 0.635. The summed E-state index contributed by atoms with van der Waals surface area (Å²) in [6.45, 7) is 0. The molecule has 0 unspecified atom stereocenters. The van der Waals surface area contributed by atoms with Crippen molar-refractivity contribution >= 4 is 44.5 Å². The highest BCUT2D eigenvalue weighted by Gasteiger charge is 2.20. The minimum Gasteiger partial charge on any atom is -0.477 e. The number of hydrogen-bond donors (Lipinski definition) is 1. The second-order valence-electron chi connectivity index (χ2n) is 2.59. The van der Waals surface area contributed by atoms with Gasteiger partial charge in [-0.3, -0.25) is 0 Å². The molecule has 1 heterocycles. The standard InChI is InChI=1S/C8H5BrF2INO2/c9-2-3-4(12)1-5(8(14)15)13-6(3)7(10)11/h1,7H,2H2,(H,14,15). The molecule has 0 amide bonds. The lowest BCUT2D eigenvalue weighted by molar-refractivity contribution is 0.0688. The van der Waals surface area contributed by atoms with Gasteiger partial charge in [-0.15, -0.1) is 0 Å². The van der Waals surface area contributed by atoms with Gasteiger partial charge in [-0.25, -0.2) is 18.6 Å². The van der Waals surface area contributed by atoms with Gasteiger partial charge in [0.05, 0.1) is 0 Å². The van der Waals surface area contributed by atoms with Crippen molar-refractivity contribution < 1.29 is 18.7 Å². The Balaban J connectivity index is 3.38. The smallest absolute Gasteiger partial charge is 0.354 e. The average molecular weight is 392 g/mol. The largest absolute Gasteiger partial charge is 0.477 e. The molecule has 0 aliphatic carbocycles. The molecular weight excluding hydrogens is 387 g/mol. The highest BCUT2D eigenvalue weighted by Crippen LogP contribution is 2.27. The number of carboxylic acid groups (broad SMARTS) is 1. The van der Waals surface area contributed by atoms with Crippen LogP contribution in [0.1, 0.15) is 28.2 Å². The topological polar surface area (TPSA) is 50.2 Å². The van der Waals surface area contributed by atoms with Gasteiger partial charge in [0.25, 0.3) is 6.43 Å². The molecule has 0 bridgehead atoms. The summed E-state index contributed by atoms with van der Waals surface area (Å²) in [5.41, 5.74) is -0.508. The van der Waals surface area contributed by atoms with Crippen LogP contribution >= 0.6 is 38.5 Å². The van der Waals surface area contributed by atoms with E-state index in [9.17, 15) is 13.6 Å². The first kappa shape index (κ1) is 12.8. The third-order valence-electron chi connectivity index (χ3n) is 1.66. The minimum absolute atomic E-state index is 0.220. The molecule has 0 aliphatic rings. The molecule has 0 atom stereocenters. The van der Waals surface area contributed by atoms with Gasteiger partial charge < -0.3 is 5.11 Å². The summed E-state index contributed by atoms with van der Waals surface area (Å²) in [7, 11) is 0. The lowest BCUT2D eigenvalue weighted by Crippen LogP contribution is -2.08. The summed E-state index contributed by atoms with van der Waals surface area (Å²) in [5, 5.41) is 8.88. The number of aromatic nitrogens is 1. The molecule has 1 aromatic heterocycles. The maximum absolute atomic E-state index is 12.6. The number of alkyl halides is 3. The van der Waals surface area contributed by atoms with Crippen LogP contribution < -0.4 is 0 Å². The lowest BCUT2D eigenvalue weighted by Gasteiger charge is -2.08. The van der Waals surface area contributed by atoms with Crippen LogP contribution in [0.4, 0.5) is 8.78 Å². The van der Waals surface area contributed by atoms with Crippen LogP contribution in [0.2, 0.25) is 0 Å². The maximum atomic E-state index is 12.6. The van der Waals surface area contributed by atoms with Gasteiger partial charge in [-0.1, -0.05) is 15.9 Å². The molecule has 0 saturated carbocycles. The summed E-state index contributed by atoms with van der Waals surface area (Å²) in [6.07, 6.45) is -2.77. The third-order valence-corrected chi connectivity index (χ3v) is 3.18. The van der Waals surface area contributed by atoms with E-state index < -0.39 is 18.1 Å². The SMILES string of the molecule is O=C(O)c1cc(I)c(CBr)c(C(F)F)n1. The van der Waals surface area contributed by atoms with Crippen LogP contribution in [0.3, 0.4) is 0 Å². The van der Waals surface area contributed by atoms with Crippen LogP contribution in [0, 0.1) is 3.57 Å². The lowest BCUT2D eigenvalue weighted by atomic mass is 10.2. The fraction of sp³-hybridized carbons (Fsp3) is 0.250. The summed E-state index contributed by atoms with van der Waals surface area (Å²) in [4.78, 5) is 14.0. The van der Waals surface area contributed by atoms with Crippen LogP contribution in [0.25, 0.3) is 0 Å². The van der Waals surface area contributed by atoms with Crippen molar-refractivity contribution in [1.29, 1.82) is 0 Å². The van der Waals surface area contributed by atoms with Crippen LogP contribution in [-0.2, 0) is 5.33 Å². The van der Waals surface area contributed by atoms with E-state index in [2.05, 4.69) is 20.9 Å². The Labute approximate surface area is 106 Å². The Morgan fingerprint density at radius 2 is 2.27 bits per heavy atom. The summed E-state index contributed by atoms with van der Waals surface area (Å²) >= 11 is 4.88. The Morgan fingerprint density at radius 3 is 2.67 bits per heavy atom. The molecule has 0 saturated heterocycles. The number of nitrogens with zero attached hydrogens (tertiary/aromatic N) is 1. The fourth-order valence-corrected chi connectivity index (χ4v) is 2.86. The third kappa shape index (κ3) is 2.83. The van der Waals surface area contributed by atoms with E-state index in [1.807, 2.05) is 22.6 Å². The number of aromatic carboxylic acids is 1. The molecule has 0 spiro atoms. The van der Waals surface area contributed by atoms with Crippen molar-refractivity contribution in [2.24, 2.45) is 0 Å². The van der Waals surface area contributed by atoms with Crippen LogP contribution in [0.15, 0.2) is 6.07 Å². The number of carbonyl (C=O) groups is 1. The van der Waals surface area contributed by atoms with E-state index in [0.29, 0.717) is 9.13 Å². The molecule has 1 N–H and O–H groups in total. The fourth-order valence-electron chi connectivity index (χ4n) is 0.981. The van der Waals surface area contributed by atoms with E-state index in [1.54, 1.807) is 0 Å². The normalized spacial score (nSPS) is 10.7. The summed E-state index contributed by atoms with van der Waals surface area (Å²) < 4.78 is 25.6. The van der Waals surface area contributed by atoms with Crippen molar-refractivity contribution in [3.05, 3.63) is 26.6 Å². The first-order chi connectivity index (χ1) is 6.97. The number of hydrogen-bond acceptors (Lipinski definition) is 2. The molecule has 0 aliphatic heterocycles. The number of carboxylic acids is 1. The molecule has 1 rings (SSSR count). The van der Waals surface area contributed by atoms with Crippen molar-refractivity contribution in [2.45, 2.75) is 11.8 Å². The van der Waals surface area contributed by atoms with E-state index in [0.717, 1.165) is 0 Å².